The minimum atomic E-state index is -0.788. The van der Waals surface area contributed by atoms with Crippen molar-refractivity contribution < 1.29 is 19.2 Å². The van der Waals surface area contributed by atoms with Gasteiger partial charge in [0.1, 0.15) is 11.3 Å². The first kappa shape index (κ1) is 30.4. The normalized spacial score (nSPS) is 14.2. The van der Waals surface area contributed by atoms with Crippen molar-refractivity contribution in [2.24, 2.45) is 5.16 Å². The highest BCUT2D eigenvalue weighted by Gasteiger charge is 2.38. The topological polar surface area (TPSA) is 76.0 Å². The Bertz CT molecular complexity index is 1410. The third-order valence-corrected chi connectivity index (χ3v) is 8.54. The molecule has 0 amide bonds. The lowest BCUT2D eigenvalue weighted by molar-refractivity contribution is -0.155. The number of aryl methyl sites for hydroxylation is 1. The second-order valence-electron chi connectivity index (χ2n) is 10.9. The number of ketones is 2. The lowest BCUT2D eigenvalue weighted by Crippen LogP contribution is -2.49. The summed E-state index contributed by atoms with van der Waals surface area (Å²) in [4.78, 5) is 48.4. The van der Waals surface area contributed by atoms with Crippen molar-refractivity contribution in [3.8, 4) is 0 Å². The van der Waals surface area contributed by atoms with Gasteiger partial charge in [0.05, 0.1) is 0 Å². The second kappa shape index (κ2) is 13.9. The van der Waals surface area contributed by atoms with Crippen LogP contribution in [0.4, 0.5) is 0 Å². The number of hydrogen-bond acceptors (Lipinski definition) is 7. The summed E-state index contributed by atoms with van der Waals surface area (Å²) in [7, 11) is 0. The number of carbonyl (C=O) groups is 3. The predicted octanol–water partition coefficient (Wildman–Crippen LogP) is 7.52. The third kappa shape index (κ3) is 7.60. The van der Waals surface area contributed by atoms with Gasteiger partial charge in [0.15, 0.2) is 5.78 Å². The predicted molar refractivity (Wildman–Crippen MR) is 164 cm³/mol. The maximum absolute atomic E-state index is 13.3. The van der Waals surface area contributed by atoms with Crippen molar-refractivity contribution in [3.63, 3.8) is 0 Å². The average molecular weight is 571 g/mol. The number of hydrogen-bond donors (Lipinski definition) is 0. The highest BCUT2D eigenvalue weighted by Crippen LogP contribution is 2.29. The number of benzene rings is 3. The van der Waals surface area contributed by atoms with Gasteiger partial charge in [-0.2, -0.15) is 0 Å². The summed E-state index contributed by atoms with van der Waals surface area (Å²) in [5.41, 5.74) is 2.28. The first-order valence-corrected chi connectivity index (χ1v) is 15.1. The highest BCUT2D eigenvalue weighted by atomic mass is 32.2. The van der Waals surface area contributed by atoms with Crippen LogP contribution in [0.1, 0.15) is 84.7 Å². The van der Waals surface area contributed by atoms with E-state index in [2.05, 4.69) is 10.1 Å². The number of Topliss-reactive ketones (excluding diaryl/α,β-unsaturated/α-hetero) is 1. The molecule has 0 N–H and O–H groups in total. The van der Waals surface area contributed by atoms with Gasteiger partial charge < -0.3 is 4.84 Å². The van der Waals surface area contributed by atoms with E-state index in [0.29, 0.717) is 23.1 Å². The van der Waals surface area contributed by atoms with E-state index in [1.807, 2.05) is 88.4 Å². The second-order valence-corrected chi connectivity index (χ2v) is 12.0. The molecule has 3 aromatic carbocycles. The summed E-state index contributed by atoms with van der Waals surface area (Å²) in [5.74, 6) is -0.672. The Balaban J connectivity index is 1.41. The molecule has 41 heavy (non-hydrogen) atoms. The standard InChI is InChI=1S/C34H38N2O4S/c1-5-6-13-30(35-40-33(39)34(3,4)36-22-9-10-23-36)32(38)26-16-20-28(21-17-26)41-27-18-14-25(15-19-27)31(37)29-12-8-7-11-24(29)2/h7-8,11-12,14-21H,5-6,9-10,13,22-23H2,1-4H3/b35-30+. The Morgan fingerprint density at radius 3 is 2.05 bits per heavy atom. The molecule has 0 radical (unpaired) electrons. The van der Waals surface area contributed by atoms with E-state index in [-0.39, 0.29) is 17.3 Å². The van der Waals surface area contributed by atoms with Gasteiger partial charge in [0, 0.05) is 26.5 Å². The Kier molecular flexibility index (Phi) is 10.3. The highest BCUT2D eigenvalue weighted by molar-refractivity contribution is 7.99. The molecule has 0 bridgehead atoms. The fraction of sp³-hybridized carbons (Fsp3) is 0.353. The first-order valence-electron chi connectivity index (χ1n) is 14.3. The fourth-order valence-corrected chi connectivity index (χ4v) is 5.61. The van der Waals surface area contributed by atoms with Gasteiger partial charge in [0.2, 0.25) is 5.78 Å². The van der Waals surface area contributed by atoms with Crippen LogP contribution in [-0.2, 0) is 9.63 Å². The van der Waals surface area contributed by atoms with Crippen LogP contribution in [0.2, 0.25) is 0 Å². The van der Waals surface area contributed by atoms with Crippen LogP contribution in [0.5, 0.6) is 0 Å². The van der Waals surface area contributed by atoms with Gasteiger partial charge in [-0.1, -0.05) is 54.5 Å². The third-order valence-electron chi connectivity index (χ3n) is 7.52. The molecule has 1 saturated heterocycles. The SMILES string of the molecule is CCCC/C(=N\OC(=O)C(C)(C)N1CCCC1)C(=O)c1ccc(Sc2ccc(C(=O)c3ccccc3C)cc2)cc1. The van der Waals surface area contributed by atoms with Crippen LogP contribution in [0.25, 0.3) is 0 Å². The van der Waals surface area contributed by atoms with E-state index in [0.717, 1.165) is 54.1 Å². The largest absolute Gasteiger partial charge is 0.354 e. The summed E-state index contributed by atoms with van der Waals surface area (Å²) >= 11 is 1.55. The molecule has 0 saturated carbocycles. The van der Waals surface area contributed by atoms with Crippen molar-refractivity contribution in [1.29, 1.82) is 0 Å². The van der Waals surface area contributed by atoms with Crippen molar-refractivity contribution in [2.75, 3.05) is 13.1 Å². The van der Waals surface area contributed by atoms with Gasteiger partial charge in [0.25, 0.3) is 0 Å². The monoisotopic (exact) mass is 570 g/mol. The van der Waals surface area contributed by atoms with Crippen molar-refractivity contribution in [2.45, 2.75) is 75.1 Å². The van der Waals surface area contributed by atoms with Crippen LogP contribution in [-0.4, -0.2) is 46.8 Å². The van der Waals surface area contributed by atoms with E-state index in [4.69, 9.17) is 4.84 Å². The number of carbonyl (C=O) groups excluding carboxylic acids is 3. The lowest BCUT2D eigenvalue weighted by atomic mass is 9.99. The van der Waals surface area contributed by atoms with Gasteiger partial charge in [-0.15, -0.1) is 0 Å². The summed E-state index contributed by atoms with van der Waals surface area (Å²) in [6.45, 7) is 9.38. The summed E-state index contributed by atoms with van der Waals surface area (Å²) in [6.07, 6.45) is 4.23. The number of likely N-dealkylation sites (tertiary alicyclic amines) is 1. The van der Waals surface area contributed by atoms with Gasteiger partial charge in [-0.3, -0.25) is 14.5 Å². The van der Waals surface area contributed by atoms with Crippen LogP contribution in [0.3, 0.4) is 0 Å². The minimum absolute atomic E-state index is 0.00773. The van der Waals surface area contributed by atoms with Gasteiger partial charge >= 0.3 is 5.97 Å². The molecule has 214 valence electrons. The minimum Gasteiger partial charge on any atom is -0.316 e. The molecule has 0 unspecified atom stereocenters. The molecule has 1 fully saturated rings. The average Bonchev–Trinajstić information content (AvgIpc) is 3.54. The fourth-order valence-electron chi connectivity index (χ4n) is 4.79. The maximum Gasteiger partial charge on any atom is 0.354 e. The molecule has 3 aromatic rings. The first-order chi connectivity index (χ1) is 19.7. The molecule has 1 aliphatic rings. The number of rotatable bonds is 12. The summed E-state index contributed by atoms with van der Waals surface area (Å²) in [6, 6.07) is 22.5. The molecule has 0 aliphatic carbocycles. The molecular formula is C34H38N2O4S. The molecule has 7 heteroatoms. The zero-order chi connectivity index (χ0) is 29.4. The molecular weight excluding hydrogens is 532 g/mol. The van der Waals surface area contributed by atoms with E-state index >= 15 is 0 Å². The van der Waals surface area contributed by atoms with Crippen LogP contribution in [0, 0.1) is 6.92 Å². The van der Waals surface area contributed by atoms with E-state index < -0.39 is 11.5 Å². The molecule has 1 aliphatic heterocycles. The number of unbranched alkanes of at least 4 members (excludes halogenated alkanes) is 1. The number of oxime groups is 1. The molecule has 1 heterocycles. The maximum atomic E-state index is 13.3. The van der Waals surface area contributed by atoms with E-state index in [1.165, 1.54) is 0 Å². The molecule has 0 atom stereocenters. The number of nitrogens with zero attached hydrogens (tertiary/aromatic N) is 2. The van der Waals surface area contributed by atoms with Crippen molar-refractivity contribution in [1.82, 2.24) is 4.90 Å². The Hall–Kier alpha value is -3.55. The van der Waals surface area contributed by atoms with Crippen LogP contribution in [0.15, 0.2) is 87.7 Å². The Morgan fingerprint density at radius 1 is 0.878 bits per heavy atom. The van der Waals surface area contributed by atoms with Crippen molar-refractivity contribution in [3.05, 3.63) is 95.1 Å². The lowest BCUT2D eigenvalue weighted by Gasteiger charge is -2.31. The van der Waals surface area contributed by atoms with Gasteiger partial charge in [-0.05, 0) is 114 Å². The molecule has 6 nitrogen and oxygen atoms in total. The smallest absolute Gasteiger partial charge is 0.316 e. The Morgan fingerprint density at radius 2 is 1.46 bits per heavy atom. The Labute approximate surface area is 247 Å². The quantitative estimate of drug-likeness (QED) is 0.0970. The summed E-state index contributed by atoms with van der Waals surface area (Å²) in [5, 5.41) is 4.07. The van der Waals surface area contributed by atoms with Gasteiger partial charge in [-0.25, -0.2) is 4.79 Å². The molecule has 4 rings (SSSR count). The van der Waals surface area contributed by atoms with E-state index in [9.17, 15) is 14.4 Å². The van der Waals surface area contributed by atoms with Crippen LogP contribution >= 0.6 is 11.8 Å². The molecule has 0 spiro atoms. The summed E-state index contributed by atoms with van der Waals surface area (Å²) < 4.78 is 0. The zero-order valence-electron chi connectivity index (χ0n) is 24.3. The van der Waals surface area contributed by atoms with E-state index in [1.54, 1.807) is 23.9 Å². The molecule has 0 aromatic heterocycles. The van der Waals surface area contributed by atoms with Crippen LogP contribution < -0.4 is 0 Å². The van der Waals surface area contributed by atoms with Crippen molar-refractivity contribution >= 4 is 35.0 Å². The zero-order valence-corrected chi connectivity index (χ0v) is 25.1.